The maximum Gasteiger partial charge on any atom is 0.0594 e. The largest absolute Gasteiger partial charge is 0.379 e. The molecular weight excluding hydrogens is 344 g/mol. The number of rotatable bonds is 7. The van der Waals surface area contributed by atoms with Crippen LogP contribution in [0, 0.1) is 0 Å². The molecule has 4 nitrogen and oxygen atoms in total. The average molecular weight is 366 g/mol. The van der Waals surface area contributed by atoms with Crippen molar-refractivity contribution >= 4 is 11.4 Å². The number of para-hydroxylation sites is 2. The molecular formula is C24H22N4. The van der Waals surface area contributed by atoms with E-state index < -0.39 is 0 Å². The highest BCUT2D eigenvalue weighted by Crippen LogP contribution is 2.33. The zero-order valence-electron chi connectivity index (χ0n) is 15.5. The highest BCUT2D eigenvalue weighted by Gasteiger charge is 2.09. The quantitative estimate of drug-likeness (QED) is 0.462. The Morgan fingerprint density at radius 1 is 0.500 bits per heavy atom. The minimum Gasteiger partial charge on any atom is -0.379 e. The molecule has 2 aromatic carbocycles. The predicted molar refractivity (Wildman–Crippen MR) is 115 cm³/mol. The van der Waals surface area contributed by atoms with Crippen LogP contribution in [0.2, 0.25) is 0 Å². The molecule has 0 aliphatic carbocycles. The van der Waals surface area contributed by atoms with Gasteiger partial charge in [-0.05, 0) is 36.4 Å². The van der Waals surface area contributed by atoms with Crippen LogP contribution in [0.25, 0.3) is 11.1 Å². The van der Waals surface area contributed by atoms with Crippen molar-refractivity contribution in [3.63, 3.8) is 0 Å². The van der Waals surface area contributed by atoms with E-state index in [2.05, 4.69) is 57.0 Å². The summed E-state index contributed by atoms with van der Waals surface area (Å²) in [6.45, 7) is 1.36. The normalized spacial score (nSPS) is 10.4. The zero-order chi connectivity index (χ0) is 19.0. The zero-order valence-corrected chi connectivity index (χ0v) is 15.5. The van der Waals surface area contributed by atoms with E-state index in [-0.39, 0.29) is 0 Å². The van der Waals surface area contributed by atoms with Crippen LogP contribution in [0.4, 0.5) is 11.4 Å². The second kappa shape index (κ2) is 8.82. The summed E-state index contributed by atoms with van der Waals surface area (Å²) in [6.07, 6.45) is 3.64. The molecule has 28 heavy (non-hydrogen) atoms. The van der Waals surface area contributed by atoms with Gasteiger partial charge in [0.2, 0.25) is 0 Å². The van der Waals surface area contributed by atoms with Crippen molar-refractivity contribution in [1.29, 1.82) is 0 Å². The molecule has 0 fully saturated rings. The molecule has 0 aliphatic rings. The van der Waals surface area contributed by atoms with Gasteiger partial charge in [0, 0.05) is 34.9 Å². The molecule has 0 radical (unpaired) electrons. The topological polar surface area (TPSA) is 49.8 Å². The highest BCUT2D eigenvalue weighted by molar-refractivity contribution is 5.86. The maximum absolute atomic E-state index is 4.39. The first-order chi connectivity index (χ1) is 13.9. The SMILES string of the molecule is c1ccc(CNc2ccccc2-c2ccccc2NCc2ccccn2)nc1. The van der Waals surface area contributed by atoms with E-state index in [1.54, 1.807) is 0 Å². The van der Waals surface area contributed by atoms with Gasteiger partial charge in [-0.1, -0.05) is 48.5 Å². The van der Waals surface area contributed by atoms with Crippen LogP contribution in [0.15, 0.2) is 97.3 Å². The molecule has 2 aromatic heterocycles. The molecule has 0 atom stereocenters. The first kappa shape index (κ1) is 17.7. The maximum atomic E-state index is 4.39. The minimum absolute atomic E-state index is 0.682. The Labute approximate surface area is 165 Å². The minimum atomic E-state index is 0.682. The van der Waals surface area contributed by atoms with Crippen molar-refractivity contribution in [2.24, 2.45) is 0 Å². The summed E-state index contributed by atoms with van der Waals surface area (Å²) >= 11 is 0. The van der Waals surface area contributed by atoms with Gasteiger partial charge in [0.15, 0.2) is 0 Å². The summed E-state index contributed by atoms with van der Waals surface area (Å²) in [5.41, 5.74) is 6.50. The molecule has 2 N–H and O–H groups in total. The monoisotopic (exact) mass is 366 g/mol. The van der Waals surface area contributed by atoms with Crippen LogP contribution in [0.3, 0.4) is 0 Å². The van der Waals surface area contributed by atoms with E-state index in [1.165, 1.54) is 0 Å². The first-order valence-corrected chi connectivity index (χ1v) is 9.36. The molecule has 0 aliphatic heterocycles. The fraction of sp³-hybridized carbons (Fsp3) is 0.0833. The van der Waals surface area contributed by atoms with Gasteiger partial charge in [0.1, 0.15) is 0 Å². The summed E-state index contributed by atoms with van der Waals surface area (Å²) in [4.78, 5) is 8.79. The Hall–Kier alpha value is -3.66. The molecule has 4 aromatic rings. The van der Waals surface area contributed by atoms with Gasteiger partial charge < -0.3 is 10.6 Å². The average Bonchev–Trinajstić information content (AvgIpc) is 2.78. The fourth-order valence-electron chi connectivity index (χ4n) is 3.12. The number of nitrogens with zero attached hydrogens (tertiary/aromatic N) is 2. The third-order valence-electron chi connectivity index (χ3n) is 4.52. The summed E-state index contributed by atoms with van der Waals surface area (Å²) in [7, 11) is 0. The third kappa shape index (κ3) is 4.35. The predicted octanol–water partition coefficient (Wildman–Crippen LogP) is 5.37. The second-order valence-electron chi connectivity index (χ2n) is 6.44. The lowest BCUT2D eigenvalue weighted by molar-refractivity contribution is 1.04. The van der Waals surface area contributed by atoms with Crippen molar-refractivity contribution in [1.82, 2.24) is 9.97 Å². The van der Waals surface area contributed by atoms with Gasteiger partial charge in [-0.3, -0.25) is 9.97 Å². The molecule has 4 rings (SSSR count). The number of anilines is 2. The number of aromatic nitrogens is 2. The van der Waals surface area contributed by atoms with E-state index >= 15 is 0 Å². The van der Waals surface area contributed by atoms with Gasteiger partial charge >= 0.3 is 0 Å². The summed E-state index contributed by atoms with van der Waals surface area (Å²) < 4.78 is 0. The first-order valence-electron chi connectivity index (χ1n) is 9.36. The summed E-state index contributed by atoms with van der Waals surface area (Å²) in [5.74, 6) is 0. The van der Waals surface area contributed by atoms with E-state index in [0.717, 1.165) is 33.9 Å². The summed E-state index contributed by atoms with van der Waals surface area (Å²) in [5, 5.41) is 7.05. The number of hydrogen-bond acceptors (Lipinski definition) is 4. The molecule has 0 saturated heterocycles. The lowest BCUT2D eigenvalue weighted by Crippen LogP contribution is -2.05. The smallest absolute Gasteiger partial charge is 0.0594 e. The molecule has 2 heterocycles. The van der Waals surface area contributed by atoms with Crippen LogP contribution in [0.5, 0.6) is 0 Å². The van der Waals surface area contributed by atoms with E-state index in [1.807, 2.05) is 60.9 Å². The number of benzene rings is 2. The second-order valence-corrected chi connectivity index (χ2v) is 6.44. The van der Waals surface area contributed by atoms with Crippen molar-refractivity contribution in [2.75, 3.05) is 10.6 Å². The summed E-state index contributed by atoms with van der Waals surface area (Å²) in [6, 6.07) is 28.7. The Balaban J connectivity index is 1.57. The van der Waals surface area contributed by atoms with Crippen LogP contribution < -0.4 is 10.6 Å². The van der Waals surface area contributed by atoms with Crippen LogP contribution in [0.1, 0.15) is 11.4 Å². The van der Waals surface area contributed by atoms with Crippen molar-refractivity contribution in [2.45, 2.75) is 13.1 Å². The van der Waals surface area contributed by atoms with E-state index in [4.69, 9.17) is 0 Å². The molecule has 0 bridgehead atoms. The van der Waals surface area contributed by atoms with Gasteiger partial charge in [-0.2, -0.15) is 0 Å². The van der Waals surface area contributed by atoms with Crippen LogP contribution in [-0.2, 0) is 13.1 Å². The van der Waals surface area contributed by atoms with Gasteiger partial charge in [0.25, 0.3) is 0 Å². The number of nitrogens with one attached hydrogen (secondary N) is 2. The lowest BCUT2D eigenvalue weighted by Gasteiger charge is -2.16. The molecule has 0 unspecified atom stereocenters. The van der Waals surface area contributed by atoms with Crippen molar-refractivity contribution in [3.05, 3.63) is 109 Å². The number of pyridine rings is 2. The molecule has 0 saturated carbocycles. The standard InChI is InChI=1S/C24H22N4/c1-3-13-23(27-17-19-9-5-7-15-25-19)21(11-1)22-12-2-4-14-24(22)28-18-20-10-6-8-16-26-20/h1-16,27-28H,17-18H2. The molecule has 0 spiro atoms. The van der Waals surface area contributed by atoms with Crippen LogP contribution in [-0.4, -0.2) is 9.97 Å². The van der Waals surface area contributed by atoms with Crippen molar-refractivity contribution in [3.8, 4) is 11.1 Å². The fourth-order valence-corrected chi connectivity index (χ4v) is 3.12. The van der Waals surface area contributed by atoms with E-state index in [0.29, 0.717) is 13.1 Å². The van der Waals surface area contributed by atoms with Crippen molar-refractivity contribution < 1.29 is 0 Å². The molecule has 4 heteroatoms. The van der Waals surface area contributed by atoms with Crippen LogP contribution >= 0.6 is 0 Å². The third-order valence-corrected chi connectivity index (χ3v) is 4.52. The number of hydrogen-bond donors (Lipinski definition) is 2. The van der Waals surface area contributed by atoms with Gasteiger partial charge in [0.05, 0.1) is 24.5 Å². The van der Waals surface area contributed by atoms with E-state index in [9.17, 15) is 0 Å². The van der Waals surface area contributed by atoms with Gasteiger partial charge in [-0.25, -0.2) is 0 Å². The Bertz CT molecular complexity index is 932. The molecule has 0 amide bonds. The Kier molecular flexibility index (Phi) is 5.59. The highest BCUT2D eigenvalue weighted by atomic mass is 14.9. The molecule has 138 valence electrons. The van der Waals surface area contributed by atoms with Gasteiger partial charge in [-0.15, -0.1) is 0 Å². The Morgan fingerprint density at radius 2 is 0.929 bits per heavy atom. The Morgan fingerprint density at radius 3 is 1.36 bits per heavy atom. The lowest BCUT2D eigenvalue weighted by atomic mass is 10.0.